The Bertz CT molecular complexity index is 1720. The standard InChI is InChI=1S/C46H90N12O13S/c1-4-6-8-9-10-11-12-13-14-15-16-17-18-23-39(63)58-72(70,71)28-20-24-38(62)52-29-40(64)53-35(30-59)44(68)56-34(25-26-37(47)61)43(67)55-33(22-19-27-51-46(48)49)42(66)57-36(31-60)45(69)54-32(21-7-5-2)41(65)50-3/h32-36,42-43,55,57,59-60,66-67H,4-31H2,1-3H3,(H2,47,61)(H,50,65)(H,52,62)(H,53,64)(H,54,69)(H,56,68)(H,58,63)(H4,48,49,51)/t32-,33-,34-,35-,36-,42-,43-/m0/s1. The van der Waals surface area contributed by atoms with Crippen molar-refractivity contribution in [3.8, 4) is 0 Å². The highest BCUT2D eigenvalue weighted by molar-refractivity contribution is 7.90. The normalized spacial score (nSPS) is 14.3. The summed E-state index contributed by atoms with van der Waals surface area (Å²) in [7, 11) is -2.61. The Kier molecular flexibility index (Phi) is 38.0. The van der Waals surface area contributed by atoms with Gasteiger partial charge in [0.15, 0.2) is 5.96 Å². The number of nitrogens with two attached hydrogens (primary N) is 2. The predicted molar refractivity (Wildman–Crippen MR) is 271 cm³/mol. The van der Waals surface area contributed by atoms with Crippen molar-refractivity contribution >= 4 is 57.3 Å². The number of unbranched alkanes of at least 4 members (excludes halogenated alkanes) is 13. The molecular weight excluding hydrogens is 961 g/mol. The molecule has 7 amide bonds. The molecule has 0 saturated carbocycles. The van der Waals surface area contributed by atoms with Gasteiger partial charge in [-0.05, 0) is 38.5 Å². The zero-order chi connectivity index (χ0) is 54.3. The van der Waals surface area contributed by atoms with E-state index in [4.69, 9.17) is 16.9 Å². The molecule has 72 heavy (non-hydrogen) atoms. The molecule has 7 atom stereocenters. The van der Waals surface area contributed by atoms with Gasteiger partial charge in [0.25, 0.3) is 0 Å². The number of amides is 7. The molecule has 0 aromatic heterocycles. The van der Waals surface area contributed by atoms with Gasteiger partial charge in [-0.3, -0.25) is 54.3 Å². The molecule has 25 nitrogen and oxygen atoms in total. The van der Waals surface area contributed by atoms with Crippen molar-refractivity contribution in [2.24, 2.45) is 11.5 Å². The van der Waals surface area contributed by atoms with Gasteiger partial charge in [-0.15, -0.1) is 0 Å². The van der Waals surface area contributed by atoms with E-state index in [-0.39, 0.29) is 57.5 Å². The number of carbonyl (C=O) groups is 7. The summed E-state index contributed by atoms with van der Waals surface area (Å²) in [6, 6.07) is -6.57. The number of hydrogen-bond donors (Lipinski definition) is 16. The number of nitrogens with one attached hydrogen (secondary N) is 10. The van der Waals surface area contributed by atoms with Crippen LogP contribution in [0, 0.1) is 5.41 Å². The Morgan fingerprint density at radius 3 is 1.62 bits per heavy atom. The fourth-order valence-corrected chi connectivity index (χ4v) is 8.54. The topological polar surface area (TPSA) is 419 Å². The fraction of sp³-hybridized carbons (Fsp3) is 0.826. The Balaban J connectivity index is 5.30. The number of carbonyl (C=O) groups excluding carboxylic acids is 7. The van der Waals surface area contributed by atoms with E-state index in [0.29, 0.717) is 19.3 Å². The second-order valence-corrected chi connectivity index (χ2v) is 19.8. The average molecular weight is 1050 g/mol. The summed E-state index contributed by atoms with van der Waals surface area (Å²) < 4.78 is 26.9. The minimum absolute atomic E-state index is 0.00606. The fourth-order valence-electron chi connectivity index (χ4n) is 7.47. The van der Waals surface area contributed by atoms with Crippen LogP contribution in [0.3, 0.4) is 0 Å². The summed E-state index contributed by atoms with van der Waals surface area (Å²) in [6.45, 7) is 1.78. The first-order chi connectivity index (χ1) is 34.2. The van der Waals surface area contributed by atoms with Crippen molar-refractivity contribution in [2.75, 3.05) is 39.1 Å². The average Bonchev–Trinajstić information content (AvgIpc) is 3.33. The van der Waals surface area contributed by atoms with Gasteiger partial charge in [-0.2, -0.15) is 0 Å². The summed E-state index contributed by atoms with van der Waals surface area (Å²) in [6.07, 6.45) is 12.0. The number of guanidine groups is 1. The number of primary amides is 1. The minimum Gasteiger partial charge on any atom is -0.394 e. The molecule has 18 N–H and O–H groups in total. The summed E-state index contributed by atoms with van der Waals surface area (Å²) in [4.78, 5) is 88.1. The molecule has 0 unspecified atom stereocenters. The van der Waals surface area contributed by atoms with Gasteiger partial charge in [0, 0.05) is 38.9 Å². The highest BCUT2D eigenvalue weighted by Gasteiger charge is 2.33. The maximum absolute atomic E-state index is 13.3. The molecule has 0 aromatic carbocycles. The molecule has 0 radical (unpaired) electrons. The second kappa shape index (κ2) is 40.7. The Morgan fingerprint density at radius 2 is 1.08 bits per heavy atom. The maximum Gasteiger partial charge on any atom is 0.245 e. The third kappa shape index (κ3) is 33.8. The Labute approximate surface area is 426 Å². The number of aliphatic hydroxyl groups excluding tert-OH is 4. The lowest BCUT2D eigenvalue weighted by Crippen LogP contribution is -2.62. The van der Waals surface area contributed by atoms with E-state index in [9.17, 15) is 62.4 Å². The third-order valence-corrected chi connectivity index (χ3v) is 13.0. The van der Waals surface area contributed by atoms with Crippen molar-refractivity contribution < 1.29 is 62.4 Å². The van der Waals surface area contributed by atoms with Crippen molar-refractivity contribution in [1.29, 1.82) is 5.41 Å². The molecule has 0 aliphatic rings. The zero-order valence-electron chi connectivity index (χ0n) is 42.9. The maximum atomic E-state index is 13.3. The lowest BCUT2D eigenvalue weighted by molar-refractivity contribution is -0.132. The molecule has 0 aromatic rings. The molecule has 0 rings (SSSR count). The molecule has 0 saturated heterocycles. The van der Waals surface area contributed by atoms with E-state index in [2.05, 4.69) is 49.5 Å². The van der Waals surface area contributed by atoms with Gasteiger partial charge in [0.05, 0.1) is 31.6 Å². The van der Waals surface area contributed by atoms with Crippen LogP contribution in [0.5, 0.6) is 0 Å². The Morgan fingerprint density at radius 1 is 0.542 bits per heavy atom. The van der Waals surface area contributed by atoms with Gasteiger partial charge in [-0.1, -0.05) is 104 Å². The number of sulfonamides is 1. The van der Waals surface area contributed by atoms with Crippen LogP contribution in [-0.2, 0) is 43.6 Å². The second-order valence-electron chi connectivity index (χ2n) is 18.0. The first kappa shape index (κ1) is 67.3. The molecular formula is C46H90N12O13S. The number of hydrogen-bond acceptors (Lipinski definition) is 16. The van der Waals surface area contributed by atoms with Gasteiger partial charge in [-0.25, -0.2) is 8.42 Å². The summed E-state index contributed by atoms with van der Waals surface area (Å²) in [5.74, 6) is -6.26. The van der Waals surface area contributed by atoms with Gasteiger partial charge >= 0.3 is 0 Å². The van der Waals surface area contributed by atoms with Crippen molar-refractivity contribution in [3.05, 3.63) is 0 Å². The van der Waals surface area contributed by atoms with E-state index in [1.165, 1.54) is 58.4 Å². The summed E-state index contributed by atoms with van der Waals surface area (Å²) >= 11 is 0. The van der Waals surface area contributed by atoms with Crippen molar-refractivity contribution in [2.45, 2.75) is 204 Å². The first-order valence-electron chi connectivity index (χ1n) is 25.6. The number of likely N-dealkylation sites (N-methyl/N-ethyl adjacent to an activating group) is 1. The van der Waals surface area contributed by atoms with Crippen LogP contribution in [0.1, 0.15) is 162 Å². The van der Waals surface area contributed by atoms with Crippen LogP contribution in [0.25, 0.3) is 0 Å². The van der Waals surface area contributed by atoms with E-state index >= 15 is 0 Å². The number of aliphatic hydroxyl groups is 4. The number of rotatable bonds is 45. The minimum atomic E-state index is -4.01. The highest BCUT2D eigenvalue weighted by Crippen LogP contribution is 2.14. The molecule has 0 aliphatic carbocycles. The largest absolute Gasteiger partial charge is 0.394 e. The zero-order valence-corrected chi connectivity index (χ0v) is 43.7. The molecule has 0 heterocycles. The lowest BCUT2D eigenvalue weighted by atomic mass is 10.0. The van der Waals surface area contributed by atoms with E-state index in [1.54, 1.807) is 0 Å². The van der Waals surface area contributed by atoms with Crippen LogP contribution < -0.4 is 58.7 Å². The molecule has 0 spiro atoms. The quantitative estimate of drug-likeness (QED) is 0.0139. The van der Waals surface area contributed by atoms with Crippen LogP contribution in [0.2, 0.25) is 0 Å². The van der Waals surface area contributed by atoms with Crippen LogP contribution in [-0.4, -0.2) is 158 Å². The predicted octanol–water partition coefficient (Wildman–Crippen LogP) is -1.73. The van der Waals surface area contributed by atoms with Gasteiger partial charge in [0.2, 0.25) is 51.4 Å². The highest BCUT2D eigenvalue weighted by atomic mass is 32.2. The monoisotopic (exact) mass is 1050 g/mol. The van der Waals surface area contributed by atoms with E-state index in [0.717, 1.165) is 32.1 Å². The SMILES string of the molecule is CCCCCCCCCCCCCCCC(=O)NS(=O)(=O)CCCC(=O)NCC(=O)N[C@@H](CO)C(=O)N[C@@H](CCC(N)=O)[C@H](O)N[C@@H](CCCNC(=N)N)[C@H](O)N[C@@H](CO)C(=O)N[C@@H](CCCC)C(=O)NC. The van der Waals surface area contributed by atoms with Crippen LogP contribution in [0.15, 0.2) is 0 Å². The smallest absolute Gasteiger partial charge is 0.245 e. The Hall–Kier alpha value is -4.73. The summed E-state index contributed by atoms with van der Waals surface area (Å²) in [5, 5.41) is 70.0. The summed E-state index contributed by atoms with van der Waals surface area (Å²) in [5.41, 5.74) is 10.7. The van der Waals surface area contributed by atoms with E-state index < -0.39 is 120 Å². The van der Waals surface area contributed by atoms with Crippen molar-refractivity contribution in [3.63, 3.8) is 0 Å². The molecule has 0 aliphatic heterocycles. The molecule has 26 heteroatoms. The molecule has 0 bridgehead atoms. The third-order valence-electron chi connectivity index (χ3n) is 11.7. The first-order valence-corrected chi connectivity index (χ1v) is 27.3. The van der Waals surface area contributed by atoms with Crippen LogP contribution >= 0.6 is 0 Å². The van der Waals surface area contributed by atoms with Gasteiger partial charge < -0.3 is 63.8 Å². The van der Waals surface area contributed by atoms with Crippen molar-refractivity contribution in [1.82, 2.24) is 47.3 Å². The van der Waals surface area contributed by atoms with Gasteiger partial charge in [0.1, 0.15) is 30.6 Å². The molecule has 0 fully saturated rings. The van der Waals surface area contributed by atoms with Crippen LogP contribution in [0.4, 0.5) is 0 Å². The van der Waals surface area contributed by atoms with E-state index in [1.807, 2.05) is 11.6 Å². The molecule has 418 valence electrons. The lowest BCUT2D eigenvalue weighted by Gasteiger charge is -2.33.